The minimum absolute atomic E-state index is 0.266. The van der Waals surface area contributed by atoms with Crippen LogP contribution in [0.5, 0.6) is 0 Å². The monoisotopic (exact) mass is 242 g/mol. The van der Waals surface area contributed by atoms with Crippen LogP contribution in [0.15, 0.2) is 0 Å². The molecule has 1 fully saturated rings. The van der Waals surface area contributed by atoms with Crippen LogP contribution in [-0.2, 0) is 9.47 Å². The van der Waals surface area contributed by atoms with Crippen molar-refractivity contribution in [3.63, 3.8) is 0 Å². The smallest absolute Gasteiger partial charge is 0.221 e. The van der Waals surface area contributed by atoms with Crippen LogP contribution in [0, 0.1) is 0 Å². The first-order valence-electron chi connectivity index (χ1n) is 3.17. The number of hydrogen-bond acceptors (Lipinski definition) is 2. The van der Waals surface area contributed by atoms with E-state index in [1.807, 2.05) is 6.92 Å². The molecule has 1 heterocycles. The second kappa shape index (κ2) is 2.72. The van der Waals surface area contributed by atoms with Gasteiger partial charge in [-0.15, -0.1) is 0 Å². The second-order valence-corrected chi connectivity index (χ2v) is 3.90. The highest BCUT2D eigenvalue weighted by atomic mass is 127. The maximum atomic E-state index is 5.46. The van der Waals surface area contributed by atoms with E-state index in [2.05, 4.69) is 29.5 Å². The largest absolute Gasteiger partial charge is 0.339 e. The summed E-state index contributed by atoms with van der Waals surface area (Å²) < 4.78 is 10.5. The Morgan fingerprint density at radius 2 is 2.44 bits per heavy atom. The van der Waals surface area contributed by atoms with Crippen LogP contribution >= 0.6 is 22.6 Å². The fourth-order valence-corrected chi connectivity index (χ4v) is 1.41. The Kier molecular flexibility index (Phi) is 2.34. The van der Waals surface area contributed by atoms with Gasteiger partial charge in [0.1, 0.15) is 0 Å². The first-order chi connectivity index (χ1) is 4.16. The molecule has 1 rings (SSSR count). The van der Waals surface area contributed by atoms with E-state index in [-0.39, 0.29) is 9.90 Å². The van der Waals surface area contributed by atoms with Crippen molar-refractivity contribution in [3.8, 4) is 0 Å². The van der Waals surface area contributed by atoms with Crippen molar-refractivity contribution in [2.75, 3.05) is 6.61 Å². The van der Waals surface area contributed by atoms with Crippen LogP contribution in [0.25, 0.3) is 0 Å². The zero-order chi connectivity index (χ0) is 6.91. The zero-order valence-corrected chi connectivity index (χ0v) is 7.84. The summed E-state index contributed by atoms with van der Waals surface area (Å²) in [7, 11) is 0. The van der Waals surface area contributed by atoms with Gasteiger partial charge < -0.3 is 9.47 Å². The van der Waals surface area contributed by atoms with Crippen molar-refractivity contribution < 1.29 is 9.47 Å². The lowest BCUT2D eigenvalue weighted by molar-refractivity contribution is -0.0727. The minimum atomic E-state index is -0.322. The average molecular weight is 242 g/mol. The Bertz CT molecular complexity index is 107. The third kappa shape index (κ3) is 1.78. The molecule has 0 aromatic rings. The number of alkyl halides is 1. The molecule has 0 unspecified atom stereocenters. The molecule has 1 aliphatic heterocycles. The van der Waals surface area contributed by atoms with Crippen LogP contribution in [0.2, 0.25) is 0 Å². The number of ether oxygens (including phenoxy) is 2. The van der Waals surface area contributed by atoms with Gasteiger partial charge in [-0.05, 0) is 29.5 Å². The first kappa shape index (κ1) is 7.75. The van der Waals surface area contributed by atoms with Gasteiger partial charge in [-0.25, -0.2) is 0 Å². The molecule has 3 heteroatoms. The summed E-state index contributed by atoms with van der Waals surface area (Å²) in [6.07, 6.45) is 1.18. The lowest BCUT2D eigenvalue weighted by Gasteiger charge is -2.17. The molecule has 0 aromatic heterocycles. The number of hydrogen-bond donors (Lipinski definition) is 0. The first-order valence-corrected chi connectivity index (χ1v) is 4.25. The van der Waals surface area contributed by atoms with E-state index >= 15 is 0 Å². The normalized spacial score (nSPS) is 43.7. The molecule has 0 spiro atoms. The highest BCUT2D eigenvalue weighted by Gasteiger charge is 2.34. The van der Waals surface area contributed by atoms with Gasteiger partial charge in [0.05, 0.1) is 12.7 Å². The summed E-state index contributed by atoms with van der Waals surface area (Å²) in [5, 5.41) is 0. The van der Waals surface area contributed by atoms with Crippen molar-refractivity contribution in [2.45, 2.75) is 30.2 Å². The molecule has 1 saturated heterocycles. The standard InChI is InChI=1S/C6H11IO2/c1-3-6(7)8-4-5(2)9-6/h5H,3-4H2,1-2H3/t5-,6-/m1/s1. The molecule has 0 saturated carbocycles. The van der Waals surface area contributed by atoms with E-state index in [0.29, 0.717) is 0 Å². The summed E-state index contributed by atoms with van der Waals surface area (Å²) in [6.45, 7) is 4.82. The lowest BCUT2D eigenvalue weighted by atomic mass is 10.4. The molecule has 54 valence electrons. The second-order valence-electron chi connectivity index (χ2n) is 2.25. The molecular formula is C6H11IO2. The van der Waals surface area contributed by atoms with Crippen LogP contribution in [0.1, 0.15) is 20.3 Å². The number of halogens is 1. The van der Waals surface area contributed by atoms with Crippen LogP contribution in [-0.4, -0.2) is 16.5 Å². The lowest BCUT2D eigenvalue weighted by Crippen LogP contribution is -2.20. The Labute approximate surface area is 69.0 Å². The zero-order valence-electron chi connectivity index (χ0n) is 5.69. The van der Waals surface area contributed by atoms with E-state index in [1.165, 1.54) is 0 Å². The van der Waals surface area contributed by atoms with E-state index in [9.17, 15) is 0 Å². The van der Waals surface area contributed by atoms with E-state index in [4.69, 9.17) is 9.47 Å². The van der Waals surface area contributed by atoms with Gasteiger partial charge in [-0.2, -0.15) is 0 Å². The van der Waals surface area contributed by atoms with Gasteiger partial charge in [0, 0.05) is 6.42 Å². The predicted octanol–water partition coefficient (Wildman–Crippen LogP) is 1.92. The molecule has 0 aliphatic carbocycles. The predicted molar refractivity (Wildman–Crippen MR) is 43.5 cm³/mol. The fourth-order valence-electron chi connectivity index (χ4n) is 0.796. The molecule has 1 aliphatic rings. The Balaban J connectivity index is 2.45. The molecule has 0 aromatic carbocycles. The van der Waals surface area contributed by atoms with Crippen LogP contribution in [0.4, 0.5) is 0 Å². The Morgan fingerprint density at radius 1 is 1.78 bits per heavy atom. The third-order valence-electron chi connectivity index (χ3n) is 1.33. The quantitative estimate of drug-likeness (QED) is 0.516. The van der Waals surface area contributed by atoms with Crippen molar-refractivity contribution >= 4 is 22.6 Å². The number of rotatable bonds is 1. The third-order valence-corrected chi connectivity index (χ3v) is 2.66. The fraction of sp³-hybridized carbons (Fsp3) is 1.00. The van der Waals surface area contributed by atoms with Crippen molar-refractivity contribution in [1.82, 2.24) is 0 Å². The minimum Gasteiger partial charge on any atom is -0.339 e. The summed E-state index contributed by atoms with van der Waals surface area (Å²) in [5.41, 5.74) is 0. The molecular weight excluding hydrogens is 231 g/mol. The molecule has 0 amide bonds. The van der Waals surface area contributed by atoms with E-state index in [0.717, 1.165) is 13.0 Å². The summed E-state index contributed by atoms with van der Waals surface area (Å²) >= 11 is 2.20. The van der Waals surface area contributed by atoms with Crippen molar-refractivity contribution in [1.29, 1.82) is 0 Å². The van der Waals surface area contributed by atoms with Crippen molar-refractivity contribution in [3.05, 3.63) is 0 Å². The van der Waals surface area contributed by atoms with E-state index < -0.39 is 0 Å². The molecule has 0 bridgehead atoms. The van der Waals surface area contributed by atoms with Gasteiger partial charge in [-0.3, -0.25) is 0 Å². The molecule has 9 heavy (non-hydrogen) atoms. The van der Waals surface area contributed by atoms with Crippen molar-refractivity contribution in [2.24, 2.45) is 0 Å². The average Bonchev–Trinajstić information content (AvgIpc) is 2.13. The Morgan fingerprint density at radius 3 is 2.67 bits per heavy atom. The highest BCUT2D eigenvalue weighted by Crippen LogP contribution is 2.32. The molecule has 0 N–H and O–H groups in total. The highest BCUT2D eigenvalue weighted by molar-refractivity contribution is 14.1. The SMILES string of the molecule is CC[C@@]1(I)OC[C@@H](C)O1. The summed E-state index contributed by atoms with van der Waals surface area (Å²) in [6, 6.07) is 0. The molecule has 2 atom stereocenters. The van der Waals surface area contributed by atoms with Crippen LogP contribution in [0.3, 0.4) is 0 Å². The Hall–Kier alpha value is 0.650. The topological polar surface area (TPSA) is 18.5 Å². The maximum absolute atomic E-state index is 5.46. The molecule has 0 radical (unpaired) electrons. The maximum Gasteiger partial charge on any atom is 0.221 e. The van der Waals surface area contributed by atoms with Crippen LogP contribution < -0.4 is 0 Å². The van der Waals surface area contributed by atoms with Gasteiger partial charge in [0.25, 0.3) is 0 Å². The molecule has 2 nitrogen and oxygen atoms in total. The summed E-state index contributed by atoms with van der Waals surface area (Å²) in [5.74, 6) is 0. The van der Waals surface area contributed by atoms with Gasteiger partial charge in [-0.1, -0.05) is 6.92 Å². The van der Waals surface area contributed by atoms with E-state index in [1.54, 1.807) is 0 Å². The van der Waals surface area contributed by atoms with Gasteiger partial charge >= 0.3 is 0 Å². The van der Waals surface area contributed by atoms with Gasteiger partial charge in [0.2, 0.25) is 3.79 Å². The van der Waals surface area contributed by atoms with Gasteiger partial charge in [0.15, 0.2) is 0 Å². The summed E-state index contributed by atoms with van der Waals surface area (Å²) in [4.78, 5) is 0.